The molecule has 0 aliphatic heterocycles. The third-order valence-corrected chi connectivity index (χ3v) is 3.71. The number of ether oxygens (including phenoxy) is 1. The maximum atomic E-state index is 12.4. The monoisotopic (exact) mass is 354 g/mol. The smallest absolute Gasteiger partial charge is 0.251 e. The van der Waals surface area contributed by atoms with Gasteiger partial charge < -0.3 is 15.4 Å². The van der Waals surface area contributed by atoms with Gasteiger partial charge in [-0.25, -0.2) is 0 Å². The van der Waals surface area contributed by atoms with Crippen molar-refractivity contribution in [1.82, 2.24) is 5.32 Å². The van der Waals surface area contributed by atoms with Gasteiger partial charge in [-0.15, -0.1) is 0 Å². The molecule has 0 fully saturated rings. The normalized spacial score (nSPS) is 10.2. The van der Waals surface area contributed by atoms with E-state index in [1.54, 1.807) is 12.1 Å². The van der Waals surface area contributed by atoms with Crippen LogP contribution in [0.25, 0.3) is 0 Å². The molecule has 2 N–H and O–H groups in total. The highest BCUT2D eigenvalue weighted by atomic mass is 16.5. The van der Waals surface area contributed by atoms with Crippen LogP contribution in [0, 0.1) is 0 Å². The molecule has 5 heteroatoms. The fourth-order valence-corrected chi connectivity index (χ4v) is 2.44. The van der Waals surface area contributed by atoms with E-state index in [1.807, 2.05) is 50.2 Å². The minimum Gasteiger partial charge on any atom is -0.494 e. The molecular weight excluding hydrogens is 328 g/mol. The highest BCUT2D eigenvalue weighted by molar-refractivity contribution is 5.94. The summed E-state index contributed by atoms with van der Waals surface area (Å²) in [4.78, 5) is 24.0. The van der Waals surface area contributed by atoms with Crippen molar-refractivity contribution >= 4 is 17.5 Å². The zero-order valence-electron chi connectivity index (χ0n) is 15.4. The van der Waals surface area contributed by atoms with Gasteiger partial charge in [-0.05, 0) is 48.7 Å². The average molecular weight is 354 g/mol. The van der Waals surface area contributed by atoms with Crippen LogP contribution in [0.5, 0.6) is 5.75 Å². The van der Waals surface area contributed by atoms with Gasteiger partial charge in [-0.1, -0.05) is 32.0 Å². The molecule has 0 aromatic heterocycles. The molecular formula is C21H26N2O3. The van der Waals surface area contributed by atoms with E-state index in [0.717, 1.165) is 24.1 Å². The quantitative estimate of drug-likeness (QED) is 0.711. The number of benzene rings is 2. The van der Waals surface area contributed by atoms with Gasteiger partial charge in [-0.3, -0.25) is 9.59 Å². The van der Waals surface area contributed by atoms with Crippen molar-refractivity contribution < 1.29 is 14.3 Å². The van der Waals surface area contributed by atoms with E-state index in [9.17, 15) is 9.59 Å². The third kappa shape index (κ3) is 6.24. The summed E-state index contributed by atoms with van der Waals surface area (Å²) in [5, 5.41) is 5.76. The first-order valence-corrected chi connectivity index (χ1v) is 9.02. The fraction of sp³-hybridized carbons (Fsp3) is 0.333. The Kier molecular flexibility index (Phi) is 7.68. The zero-order chi connectivity index (χ0) is 18.8. The number of carbonyl (C=O) groups excluding carboxylic acids is 2. The van der Waals surface area contributed by atoms with Gasteiger partial charge in [-0.2, -0.15) is 0 Å². The van der Waals surface area contributed by atoms with E-state index in [-0.39, 0.29) is 11.8 Å². The summed E-state index contributed by atoms with van der Waals surface area (Å²) < 4.78 is 5.56. The van der Waals surface area contributed by atoms with Gasteiger partial charge in [0, 0.05) is 24.2 Å². The molecule has 0 saturated heterocycles. The lowest BCUT2D eigenvalue weighted by Gasteiger charge is -2.10. The molecule has 138 valence electrons. The maximum Gasteiger partial charge on any atom is 0.251 e. The molecule has 0 spiro atoms. The Hall–Kier alpha value is -2.82. The molecule has 2 aromatic carbocycles. The molecule has 0 unspecified atom stereocenters. The van der Waals surface area contributed by atoms with Crippen LogP contribution in [0.3, 0.4) is 0 Å². The minimum absolute atomic E-state index is 0.00224. The van der Waals surface area contributed by atoms with Gasteiger partial charge in [0.2, 0.25) is 5.91 Å². The zero-order valence-corrected chi connectivity index (χ0v) is 15.4. The first kappa shape index (κ1) is 19.5. The van der Waals surface area contributed by atoms with Crippen LogP contribution in [0.2, 0.25) is 0 Å². The number of nitrogens with one attached hydrogen (secondary N) is 2. The number of carbonyl (C=O) groups is 2. The van der Waals surface area contributed by atoms with Crippen molar-refractivity contribution in [1.29, 1.82) is 0 Å². The Balaban J connectivity index is 1.94. The average Bonchev–Trinajstić information content (AvgIpc) is 2.65. The van der Waals surface area contributed by atoms with Gasteiger partial charge in [0.15, 0.2) is 0 Å². The molecule has 2 aromatic rings. The molecule has 26 heavy (non-hydrogen) atoms. The van der Waals surface area contributed by atoms with Gasteiger partial charge >= 0.3 is 0 Å². The summed E-state index contributed by atoms with van der Waals surface area (Å²) in [6.07, 6.45) is 2.22. The summed E-state index contributed by atoms with van der Waals surface area (Å²) in [5.74, 6) is 0.532. The molecule has 0 aliphatic rings. The second-order valence-electron chi connectivity index (χ2n) is 6.06. The molecule has 0 radical (unpaired) electrons. The standard InChI is InChI=1S/C21H26N2O3/c1-3-7-20(24)23-18-10-5-8-16(13-18)15-22-21(25)17-9-6-11-19(14-17)26-12-4-2/h5-6,8-11,13-14H,3-4,7,12,15H2,1-2H3,(H,22,25)(H,23,24). The number of hydrogen-bond donors (Lipinski definition) is 2. The summed E-state index contributed by atoms with van der Waals surface area (Å²) >= 11 is 0. The van der Waals surface area contributed by atoms with Crippen LogP contribution in [-0.4, -0.2) is 18.4 Å². The lowest BCUT2D eigenvalue weighted by Crippen LogP contribution is -2.23. The van der Waals surface area contributed by atoms with Crippen molar-refractivity contribution in [2.75, 3.05) is 11.9 Å². The number of amides is 2. The second kappa shape index (κ2) is 10.2. The Morgan fingerprint density at radius 1 is 1.00 bits per heavy atom. The van der Waals surface area contributed by atoms with E-state index in [4.69, 9.17) is 4.74 Å². The second-order valence-corrected chi connectivity index (χ2v) is 6.06. The largest absolute Gasteiger partial charge is 0.494 e. The van der Waals surface area contributed by atoms with Gasteiger partial charge in [0.25, 0.3) is 5.91 Å². The summed E-state index contributed by atoms with van der Waals surface area (Å²) in [6.45, 7) is 5.02. The first-order valence-electron chi connectivity index (χ1n) is 9.02. The lowest BCUT2D eigenvalue weighted by molar-refractivity contribution is -0.116. The molecule has 2 amide bonds. The third-order valence-electron chi connectivity index (χ3n) is 3.71. The van der Waals surface area contributed by atoms with Crippen LogP contribution in [0.1, 0.15) is 49.0 Å². The maximum absolute atomic E-state index is 12.4. The van der Waals surface area contributed by atoms with E-state index >= 15 is 0 Å². The minimum atomic E-state index is -0.160. The van der Waals surface area contributed by atoms with E-state index in [1.165, 1.54) is 0 Å². The highest BCUT2D eigenvalue weighted by Gasteiger charge is 2.07. The first-order chi connectivity index (χ1) is 12.6. The van der Waals surface area contributed by atoms with Crippen LogP contribution in [0.4, 0.5) is 5.69 Å². The number of hydrogen-bond acceptors (Lipinski definition) is 3. The van der Waals surface area contributed by atoms with Crippen LogP contribution >= 0.6 is 0 Å². The van der Waals surface area contributed by atoms with Gasteiger partial charge in [0.1, 0.15) is 5.75 Å². The predicted octanol–water partition coefficient (Wildman–Crippen LogP) is 4.14. The van der Waals surface area contributed by atoms with Gasteiger partial charge in [0.05, 0.1) is 6.61 Å². The number of rotatable bonds is 9. The summed E-state index contributed by atoms with van der Waals surface area (Å²) in [7, 11) is 0. The number of anilines is 1. The summed E-state index contributed by atoms with van der Waals surface area (Å²) in [6, 6.07) is 14.6. The Morgan fingerprint density at radius 3 is 2.58 bits per heavy atom. The Morgan fingerprint density at radius 2 is 1.81 bits per heavy atom. The molecule has 0 atom stereocenters. The summed E-state index contributed by atoms with van der Waals surface area (Å²) in [5.41, 5.74) is 2.22. The van der Waals surface area contributed by atoms with E-state index < -0.39 is 0 Å². The van der Waals surface area contributed by atoms with Crippen molar-refractivity contribution in [2.24, 2.45) is 0 Å². The van der Waals surface area contributed by atoms with Crippen molar-refractivity contribution in [3.05, 3.63) is 59.7 Å². The van der Waals surface area contributed by atoms with Crippen LogP contribution < -0.4 is 15.4 Å². The lowest BCUT2D eigenvalue weighted by atomic mass is 10.1. The highest BCUT2D eigenvalue weighted by Crippen LogP contribution is 2.15. The predicted molar refractivity (Wildman–Crippen MR) is 103 cm³/mol. The molecule has 0 saturated carbocycles. The van der Waals surface area contributed by atoms with E-state index in [0.29, 0.717) is 30.9 Å². The molecule has 5 nitrogen and oxygen atoms in total. The van der Waals surface area contributed by atoms with Crippen molar-refractivity contribution in [2.45, 2.75) is 39.7 Å². The van der Waals surface area contributed by atoms with E-state index in [2.05, 4.69) is 10.6 Å². The van der Waals surface area contributed by atoms with Crippen molar-refractivity contribution in [3.8, 4) is 5.75 Å². The molecule has 0 heterocycles. The molecule has 2 rings (SSSR count). The Labute approximate surface area is 154 Å². The van der Waals surface area contributed by atoms with Crippen molar-refractivity contribution in [3.63, 3.8) is 0 Å². The fourth-order valence-electron chi connectivity index (χ4n) is 2.44. The van der Waals surface area contributed by atoms with Crippen LogP contribution in [-0.2, 0) is 11.3 Å². The Bertz CT molecular complexity index is 744. The molecule has 0 bridgehead atoms. The van der Waals surface area contributed by atoms with Crippen LogP contribution in [0.15, 0.2) is 48.5 Å². The SMILES string of the molecule is CCCOc1cccc(C(=O)NCc2cccc(NC(=O)CCC)c2)c1. The topological polar surface area (TPSA) is 67.4 Å². The molecule has 0 aliphatic carbocycles.